The maximum atomic E-state index is 6.92. The first-order valence-electron chi connectivity index (χ1n) is 16.8. The van der Waals surface area contributed by atoms with Crippen molar-refractivity contribution in [3.8, 4) is 0 Å². The molecule has 3 unspecified atom stereocenters. The molecule has 0 bridgehead atoms. The molecule has 3 atom stereocenters. The standard InChI is InChI=1S/C34H64N2O/c1-6-10-14-18-21-29(20-15-11-7-2)34-33-27-26-31(24-19-25-32(33)28(5)35-36-34)37-30(22-16-12-8-3)23-17-13-9-4/h29-32,36H,6-27H2,1-5H3. The minimum Gasteiger partial charge on any atom is -0.375 e. The molecule has 0 radical (unpaired) electrons. The molecule has 1 aliphatic heterocycles. The van der Waals surface area contributed by atoms with Crippen molar-refractivity contribution in [3.63, 3.8) is 0 Å². The van der Waals surface area contributed by atoms with Crippen molar-refractivity contribution in [2.75, 3.05) is 0 Å². The lowest BCUT2D eigenvalue weighted by Crippen LogP contribution is -2.33. The van der Waals surface area contributed by atoms with E-state index in [4.69, 9.17) is 9.84 Å². The van der Waals surface area contributed by atoms with Crippen LogP contribution in [0.3, 0.4) is 0 Å². The average molecular weight is 517 g/mol. The van der Waals surface area contributed by atoms with Crippen LogP contribution in [-0.2, 0) is 4.74 Å². The molecule has 1 aliphatic carbocycles. The second kappa shape index (κ2) is 20.1. The highest BCUT2D eigenvalue weighted by atomic mass is 16.5. The van der Waals surface area contributed by atoms with Gasteiger partial charge in [0.05, 0.1) is 12.2 Å². The van der Waals surface area contributed by atoms with Gasteiger partial charge in [0.1, 0.15) is 0 Å². The summed E-state index contributed by atoms with van der Waals surface area (Å²) in [7, 11) is 0. The smallest absolute Gasteiger partial charge is 0.0582 e. The van der Waals surface area contributed by atoms with Crippen LogP contribution in [-0.4, -0.2) is 17.9 Å². The maximum Gasteiger partial charge on any atom is 0.0582 e. The second-order valence-corrected chi connectivity index (χ2v) is 12.2. The second-order valence-electron chi connectivity index (χ2n) is 12.2. The zero-order valence-electron chi connectivity index (χ0n) is 25.7. The van der Waals surface area contributed by atoms with Crippen molar-refractivity contribution in [3.05, 3.63) is 11.3 Å². The molecule has 216 valence electrons. The Balaban J connectivity index is 2.12. The molecule has 0 spiro atoms. The quantitative estimate of drug-likeness (QED) is 0.163. The van der Waals surface area contributed by atoms with E-state index in [9.17, 15) is 0 Å². The molecule has 37 heavy (non-hydrogen) atoms. The van der Waals surface area contributed by atoms with Gasteiger partial charge in [0.25, 0.3) is 0 Å². The highest BCUT2D eigenvalue weighted by Crippen LogP contribution is 2.38. The Labute approximate surface area is 232 Å². The zero-order valence-corrected chi connectivity index (χ0v) is 25.7. The summed E-state index contributed by atoms with van der Waals surface area (Å²) in [5, 5.41) is 4.89. The maximum absolute atomic E-state index is 6.92. The van der Waals surface area contributed by atoms with Crippen LogP contribution in [0.25, 0.3) is 0 Å². The normalized spacial score (nSPS) is 21.3. The van der Waals surface area contributed by atoms with Crippen LogP contribution >= 0.6 is 0 Å². The van der Waals surface area contributed by atoms with Crippen LogP contribution < -0.4 is 5.43 Å². The third-order valence-corrected chi connectivity index (χ3v) is 8.99. The highest BCUT2D eigenvalue weighted by Gasteiger charge is 2.31. The van der Waals surface area contributed by atoms with Crippen molar-refractivity contribution in [1.29, 1.82) is 0 Å². The van der Waals surface area contributed by atoms with Crippen LogP contribution in [0, 0.1) is 11.8 Å². The van der Waals surface area contributed by atoms with Crippen molar-refractivity contribution in [2.24, 2.45) is 16.9 Å². The van der Waals surface area contributed by atoms with Gasteiger partial charge in [-0.05, 0) is 70.3 Å². The Kier molecular flexibility index (Phi) is 17.6. The van der Waals surface area contributed by atoms with Gasteiger partial charge in [0, 0.05) is 23.2 Å². The molecule has 0 saturated heterocycles. The fourth-order valence-electron chi connectivity index (χ4n) is 6.62. The molecule has 1 saturated carbocycles. The summed E-state index contributed by atoms with van der Waals surface area (Å²) >= 11 is 0. The number of hydrogen-bond acceptors (Lipinski definition) is 3. The van der Waals surface area contributed by atoms with Crippen LogP contribution in [0.4, 0.5) is 0 Å². The van der Waals surface area contributed by atoms with Crippen LogP contribution in [0.2, 0.25) is 0 Å². The number of ether oxygens (including phenoxy) is 1. The summed E-state index contributed by atoms with van der Waals surface area (Å²) in [6, 6.07) is 0. The Bertz CT molecular complexity index is 630. The van der Waals surface area contributed by atoms with E-state index >= 15 is 0 Å². The van der Waals surface area contributed by atoms with Crippen molar-refractivity contribution >= 4 is 5.71 Å². The summed E-state index contributed by atoms with van der Waals surface area (Å²) in [6.07, 6.45) is 29.6. The molecule has 0 aromatic carbocycles. The van der Waals surface area contributed by atoms with Gasteiger partial charge in [-0.3, -0.25) is 5.43 Å². The minimum absolute atomic E-state index is 0.435. The molecule has 0 aromatic heterocycles. The molecule has 2 aliphatic rings. The predicted molar refractivity (Wildman–Crippen MR) is 163 cm³/mol. The number of nitrogens with zero attached hydrogens (tertiary/aromatic N) is 1. The summed E-state index contributed by atoms with van der Waals surface area (Å²) in [5.41, 5.74) is 8.17. The van der Waals surface area contributed by atoms with Crippen molar-refractivity contribution < 1.29 is 4.74 Å². The number of allylic oxidation sites excluding steroid dienone is 2. The average Bonchev–Trinajstić information content (AvgIpc) is 2.88. The fraction of sp³-hybridized carbons (Fsp3) is 0.912. The number of rotatable bonds is 20. The van der Waals surface area contributed by atoms with Gasteiger partial charge >= 0.3 is 0 Å². The molecule has 0 aromatic rings. The van der Waals surface area contributed by atoms with Gasteiger partial charge < -0.3 is 4.74 Å². The van der Waals surface area contributed by atoms with Gasteiger partial charge in [-0.15, -0.1) is 0 Å². The lowest BCUT2D eigenvalue weighted by atomic mass is 9.78. The third-order valence-electron chi connectivity index (χ3n) is 8.99. The Morgan fingerprint density at radius 3 is 1.92 bits per heavy atom. The SMILES string of the molecule is CCCCCCC(CCCCC)C1=C2CCC(OC(CCCCC)CCCCC)CCCC2C(C)=NN1. The molecular formula is C34H64N2O. The molecular weight excluding hydrogens is 452 g/mol. The first-order valence-corrected chi connectivity index (χ1v) is 16.8. The summed E-state index contributed by atoms with van der Waals surface area (Å²) in [4.78, 5) is 0. The number of nitrogens with one attached hydrogen (secondary N) is 1. The van der Waals surface area contributed by atoms with E-state index < -0.39 is 0 Å². The molecule has 1 fully saturated rings. The molecule has 1 heterocycles. The van der Waals surface area contributed by atoms with Gasteiger partial charge in [0.2, 0.25) is 0 Å². The lowest BCUT2D eigenvalue weighted by Gasteiger charge is -2.35. The van der Waals surface area contributed by atoms with E-state index in [1.165, 1.54) is 153 Å². The van der Waals surface area contributed by atoms with Crippen molar-refractivity contribution in [2.45, 2.75) is 188 Å². The van der Waals surface area contributed by atoms with E-state index in [1.54, 1.807) is 5.57 Å². The summed E-state index contributed by atoms with van der Waals surface area (Å²) in [5.74, 6) is 1.22. The zero-order chi connectivity index (χ0) is 26.7. The van der Waals surface area contributed by atoms with Gasteiger partial charge in [-0.1, -0.05) is 111 Å². The molecule has 1 N–H and O–H groups in total. The monoisotopic (exact) mass is 517 g/mol. The molecule has 2 rings (SSSR count). The van der Waals surface area contributed by atoms with Gasteiger partial charge in [-0.2, -0.15) is 5.10 Å². The van der Waals surface area contributed by atoms with Crippen molar-refractivity contribution in [1.82, 2.24) is 5.43 Å². The van der Waals surface area contributed by atoms with E-state index in [1.807, 2.05) is 0 Å². The van der Waals surface area contributed by atoms with Crippen LogP contribution in [0.15, 0.2) is 16.4 Å². The third kappa shape index (κ3) is 12.3. The summed E-state index contributed by atoms with van der Waals surface area (Å²) in [6.45, 7) is 11.5. The Morgan fingerprint density at radius 1 is 0.730 bits per heavy atom. The Hall–Kier alpha value is -0.830. The first kappa shape index (κ1) is 32.4. The molecule has 3 nitrogen and oxygen atoms in total. The highest BCUT2D eigenvalue weighted by molar-refractivity contribution is 5.87. The molecule has 0 amide bonds. The Morgan fingerprint density at radius 2 is 1.30 bits per heavy atom. The number of unbranched alkanes of at least 4 members (excludes halogenated alkanes) is 9. The van der Waals surface area contributed by atoms with Gasteiger partial charge in [0.15, 0.2) is 0 Å². The first-order chi connectivity index (χ1) is 18.1. The predicted octanol–water partition coefficient (Wildman–Crippen LogP) is 10.9. The fourth-order valence-corrected chi connectivity index (χ4v) is 6.62. The van der Waals surface area contributed by atoms with E-state index in [-0.39, 0.29) is 0 Å². The lowest BCUT2D eigenvalue weighted by molar-refractivity contribution is -0.0327. The summed E-state index contributed by atoms with van der Waals surface area (Å²) < 4.78 is 6.92. The van der Waals surface area contributed by atoms with E-state index in [0.717, 1.165) is 0 Å². The topological polar surface area (TPSA) is 33.6 Å². The van der Waals surface area contributed by atoms with Crippen LogP contribution in [0.1, 0.15) is 176 Å². The van der Waals surface area contributed by atoms with Crippen LogP contribution in [0.5, 0.6) is 0 Å². The largest absolute Gasteiger partial charge is 0.375 e. The number of fused-ring (bicyclic) bond motifs is 1. The van der Waals surface area contributed by atoms with E-state index in [0.29, 0.717) is 24.0 Å². The molecule has 3 heteroatoms. The minimum atomic E-state index is 0.435. The van der Waals surface area contributed by atoms with Gasteiger partial charge in [-0.25, -0.2) is 0 Å². The van der Waals surface area contributed by atoms with E-state index in [2.05, 4.69) is 40.0 Å². The number of hydrogen-bond donors (Lipinski definition) is 1. The number of hydrazone groups is 1.